The van der Waals surface area contributed by atoms with Crippen molar-refractivity contribution in [3.63, 3.8) is 0 Å². The number of urea groups is 1. The Labute approximate surface area is 85.7 Å². The van der Waals surface area contributed by atoms with Crippen molar-refractivity contribution in [2.75, 3.05) is 13.1 Å². The van der Waals surface area contributed by atoms with Gasteiger partial charge in [-0.05, 0) is 13.3 Å². The van der Waals surface area contributed by atoms with E-state index in [1.54, 1.807) is 6.41 Å². The van der Waals surface area contributed by atoms with Gasteiger partial charge in [-0.1, -0.05) is 26.2 Å². The zero-order valence-corrected chi connectivity index (χ0v) is 9.01. The van der Waals surface area contributed by atoms with Crippen LogP contribution in [-0.2, 0) is 4.79 Å². The van der Waals surface area contributed by atoms with E-state index in [1.165, 1.54) is 0 Å². The van der Waals surface area contributed by atoms with Gasteiger partial charge in [0.25, 0.3) is 0 Å². The predicted octanol–water partition coefficient (Wildman–Crippen LogP) is 1.67. The highest BCUT2D eigenvalue weighted by Crippen LogP contribution is 2.00. The van der Waals surface area contributed by atoms with Crippen LogP contribution in [0.3, 0.4) is 0 Å². The molecule has 0 spiro atoms. The van der Waals surface area contributed by atoms with Crippen LogP contribution >= 0.6 is 0 Å². The first-order valence-corrected chi connectivity index (χ1v) is 5.19. The third kappa shape index (κ3) is 5.56. The maximum atomic E-state index is 11.2. The Morgan fingerprint density at radius 1 is 1.29 bits per heavy atom. The monoisotopic (exact) mass is 199 g/mol. The van der Waals surface area contributed by atoms with Gasteiger partial charge in [-0.2, -0.15) is 0 Å². The summed E-state index contributed by atoms with van der Waals surface area (Å²) in [7, 11) is 0. The molecule has 0 saturated carbocycles. The standard InChI is InChI=1S/C10H19N2O2/c1-3-5-6-7-8-12(9-13)10(14)11-4-2/h3-8H2,1-2H3,(H,11,14). The van der Waals surface area contributed by atoms with E-state index in [2.05, 4.69) is 12.2 Å². The van der Waals surface area contributed by atoms with Gasteiger partial charge in [0.15, 0.2) is 0 Å². The van der Waals surface area contributed by atoms with Crippen molar-refractivity contribution in [2.24, 2.45) is 0 Å². The van der Waals surface area contributed by atoms with Gasteiger partial charge in [-0.25, -0.2) is 4.79 Å². The molecule has 0 unspecified atom stereocenters. The van der Waals surface area contributed by atoms with Crippen molar-refractivity contribution in [1.29, 1.82) is 0 Å². The van der Waals surface area contributed by atoms with Crippen LogP contribution in [-0.4, -0.2) is 30.4 Å². The fourth-order valence-corrected chi connectivity index (χ4v) is 1.13. The molecule has 3 amide bonds. The summed E-state index contributed by atoms with van der Waals surface area (Å²) in [5, 5.41) is 2.56. The minimum absolute atomic E-state index is 0.348. The second-order valence-corrected chi connectivity index (χ2v) is 3.14. The maximum absolute atomic E-state index is 11.2. The van der Waals surface area contributed by atoms with Crippen molar-refractivity contribution >= 4 is 12.4 Å². The van der Waals surface area contributed by atoms with Gasteiger partial charge in [-0.3, -0.25) is 9.69 Å². The Hall–Kier alpha value is -1.06. The number of rotatable bonds is 7. The van der Waals surface area contributed by atoms with Crippen LogP contribution < -0.4 is 5.32 Å². The highest BCUT2D eigenvalue weighted by atomic mass is 16.2. The number of carbonyl (C=O) groups excluding carboxylic acids is 2. The molecule has 0 fully saturated rings. The first kappa shape index (κ1) is 12.9. The molecular weight excluding hydrogens is 180 g/mol. The Balaban J connectivity index is 3.67. The van der Waals surface area contributed by atoms with Gasteiger partial charge in [0.1, 0.15) is 0 Å². The molecule has 0 rings (SSSR count). The lowest BCUT2D eigenvalue weighted by Gasteiger charge is -2.14. The molecule has 0 aromatic carbocycles. The first-order valence-electron chi connectivity index (χ1n) is 5.19. The zero-order chi connectivity index (χ0) is 10.8. The Bertz CT molecular complexity index is 172. The second-order valence-electron chi connectivity index (χ2n) is 3.14. The van der Waals surface area contributed by atoms with Crippen molar-refractivity contribution < 1.29 is 9.59 Å². The van der Waals surface area contributed by atoms with E-state index in [9.17, 15) is 9.59 Å². The van der Waals surface area contributed by atoms with Crippen LogP contribution in [0.5, 0.6) is 0 Å². The molecule has 0 aromatic heterocycles. The van der Waals surface area contributed by atoms with Gasteiger partial charge in [0.2, 0.25) is 0 Å². The fraction of sp³-hybridized carbons (Fsp3) is 0.800. The Kier molecular flexibility index (Phi) is 7.89. The number of nitrogens with one attached hydrogen (secondary N) is 1. The average molecular weight is 199 g/mol. The van der Waals surface area contributed by atoms with Crippen molar-refractivity contribution in [3.8, 4) is 0 Å². The largest absolute Gasteiger partial charge is 0.338 e. The van der Waals surface area contributed by atoms with Crippen LogP contribution in [0.15, 0.2) is 0 Å². The van der Waals surface area contributed by atoms with E-state index in [0.29, 0.717) is 13.1 Å². The molecule has 0 atom stereocenters. The third-order valence-electron chi connectivity index (χ3n) is 1.92. The van der Waals surface area contributed by atoms with Gasteiger partial charge >= 0.3 is 12.4 Å². The lowest BCUT2D eigenvalue weighted by molar-refractivity contribution is 0.219. The molecular formula is C10H19N2O2. The van der Waals surface area contributed by atoms with E-state index in [1.807, 2.05) is 6.92 Å². The first-order chi connectivity index (χ1) is 6.76. The highest BCUT2D eigenvalue weighted by Gasteiger charge is 2.10. The predicted molar refractivity (Wildman–Crippen MR) is 55.6 cm³/mol. The maximum Gasteiger partial charge on any atom is 0.324 e. The number of hydrogen-bond acceptors (Lipinski definition) is 2. The molecule has 0 aliphatic carbocycles. The van der Waals surface area contributed by atoms with Gasteiger partial charge in [-0.15, -0.1) is 0 Å². The smallest absolute Gasteiger partial charge is 0.324 e. The number of nitrogens with zero attached hydrogens (tertiary/aromatic N) is 1. The number of hydrogen-bond donors (Lipinski definition) is 1. The summed E-state index contributed by atoms with van der Waals surface area (Å²) >= 11 is 0. The van der Waals surface area contributed by atoms with Crippen molar-refractivity contribution in [1.82, 2.24) is 10.2 Å². The molecule has 81 valence electrons. The van der Waals surface area contributed by atoms with E-state index in [-0.39, 0.29) is 6.03 Å². The van der Waals surface area contributed by atoms with Gasteiger partial charge in [0, 0.05) is 13.1 Å². The summed E-state index contributed by atoms with van der Waals surface area (Å²) in [6, 6.07) is -0.348. The van der Waals surface area contributed by atoms with Gasteiger partial charge in [0.05, 0.1) is 0 Å². The van der Waals surface area contributed by atoms with Crippen LogP contribution in [0, 0.1) is 0 Å². The topological polar surface area (TPSA) is 49.4 Å². The molecule has 0 aliphatic heterocycles. The molecule has 0 saturated heterocycles. The molecule has 4 heteroatoms. The molecule has 0 aliphatic rings. The van der Waals surface area contributed by atoms with Crippen molar-refractivity contribution in [2.45, 2.75) is 39.5 Å². The SMILES string of the molecule is CCCCCCN([C]=O)C(=O)NCC. The van der Waals surface area contributed by atoms with E-state index in [0.717, 1.165) is 30.6 Å². The summed E-state index contributed by atoms with van der Waals surface area (Å²) in [5.41, 5.74) is 0. The summed E-state index contributed by atoms with van der Waals surface area (Å²) in [6.07, 6.45) is 5.83. The quantitative estimate of drug-likeness (QED) is 0.501. The molecule has 1 N–H and O–H groups in total. The van der Waals surface area contributed by atoms with Crippen LogP contribution in [0.1, 0.15) is 39.5 Å². The molecule has 0 bridgehead atoms. The number of amides is 3. The number of carbonyl (C=O) groups is 1. The normalized spacial score (nSPS) is 9.57. The summed E-state index contributed by atoms with van der Waals surface area (Å²) in [4.78, 5) is 22.7. The van der Waals surface area contributed by atoms with Crippen LogP contribution in [0.25, 0.3) is 0 Å². The zero-order valence-electron chi connectivity index (χ0n) is 9.01. The molecule has 0 heterocycles. The van der Waals surface area contributed by atoms with Crippen LogP contribution in [0.2, 0.25) is 0 Å². The second kappa shape index (κ2) is 8.53. The summed E-state index contributed by atoms with van der Waals surface area (Å²) in [6.45, 7) is 4.94. The molecule has 4 nitrogen and oxygen atoms in total. The van der Waals surface area contributed by atoms with Gasteiger partial charge < -0.3 is 5.32 Å². The van der Waals surface area contributed by atoms with E-state index >= 15 is 0 Å². The van der Waals surface area contributed by atoms with Crippen molar-refractivity contribution in [3.05, 3.63) is 0 Å². The summed E-state index contributed by atoms with van der Waals surface area (Å²) < 4.78 is 0. The molecule has 0 aromatic rings. The highest BCUT2D eigenvalue weighted by molar-refractivity contribution is 5.84. The third-order valence-corrected chi connectivity index (χ3v) is 1.92. The fourth-order valence-electron chi connectivity index (χ4n) is 1.13. The Morgan fingerprint density at radius 2 is 2.00 bits per heavy atom. The lowest BCUT2D eigenvalue weighted by atomic mass is 10.2. The minimum Gasteiger partial charge on any atom is -0.338 e. The molecule has 14 heavy (non-hydrogen) atoms. The number of imide groups is 1. The Morgan fingerprint density at radius 3 is 2.50 bits per heavy atom. The lowest BCUT2D eigenvalue weighted by Crippen LogP contribution is -2.39. The minimum atomic E-state index is -0.348. The molecule has 1 radical (unpaired) electrons. The van der Waals surface area contributed by atoms with E-state index < -0.39 is 0 Å². The average Bonchev–Trinajstić information content (AvgIpc) is 2.18. The summed E-state index contributed by atoms with van der Waals surface area (Å²) in [5.74, 6) is 0. The van der Waals surface area contributed by atoms with Crippen LogP contribution in [0.4, 0.5) is 4.79 Å². The van der Waals surface area contributed by atoms with E-state index in [4.69, 9.17) is 0 Å². The number of unbranched alkanes of at least 4 members (excludes halogenated alkanes) is 3.